The van der Waals surface area contributed by atoms with Crippen LogP contribution in [-0.4, -0.2) is 48.4 Å². The Hall–Kier alpha value is -3.09. The van der Waals surface area contributed by atoms with Gasteiger partial charge in [-0.25, -0.2) is 8.78 Å². The number of benzene rings is 1. The van der Waals surface area contributed by atoms with E-state index in [9.17, 15) is 26.7 Å². The van der Waals surface area contributed by atoms with Crippen molar-refractivity contribution in [1.82, 2.24) is 29.9 Å². The molecular formula is C17H16F5N7O. The van der Waals surface area contributed by atoms with Crippen LogP contribution >= 0.6 is 0 Å². The minimum atomic E-state index is -4.62. The van der Waals surface area contributed by atoms with Gasteiger partial charge in [-0.1, -0.05) is 0 Å². The third-order valence-corrected chi connectivity index (χ3v) is 4.96. The fourth-order valence-electron chi connectivity index (χ4n) is 3.50. The topological polar surface area (TPSA) is 106 Å². The fourth-order valence-corrected chi connectivity index (χ4v) is 3.50. The van der Waals surface area contributed by atoms with Gasteiger partial charge in [-0.2, -0.15) is 18.3 Å². The number of carbonyl (C=O) groups is 1. The van der Waals surface area contributed by atoms with Crippen molar-refractivity contribution in [2.24, 2.45) is 5.73 Å². The number of rotatable bonds is 4. The van der Waals surface area contributed by atoms with E-state index in [4.69, 9.17) is 5.73 Å². The highest BCUT2D eigenvalue weighted by Gasteiger charge is 2.40. The second-order valence-electron chi connectivity index (χ2n) is 7.03. The fraction of sp³-hybridized carbons (Fsp3) is 0.412. The molecule has 0 aliphatic carbocycles. The minimum Gasteiger partial charge on any atom is -0.333 e. The highest BCUT2D eigenvalue weighted by molar-refractivity contribution is 5.82. The van der Waals surface area contributed by atoms with Gasteiger partial charge in [0.1, 0.15) is 5.52 Å². The maximum atomic E-state index is 13.8. The monoisotopic (exact) mass is 429 g/mol. The first kappa shape index (κ1) is 20.2. The zero-order chi connectivity index (χ0) is 21.6. The molecule has 3 N–H and O–H groups in total. The second kappa shape index (κ2) is 7.31. The molecular weight excluding hydrogens is 413 g/mol. The van der Waals surface area contributed by atoms with Gasteiger partial charge in [0.15, 0.2) is 17.5 Å². The summed E-state index contributed by atoms with van der Waals surface area (Å²) in [6, 6.07) is 1.68. The van der Waals surface area contributed by atoms with Gasteiger partial charge in [0.25, 0.3) is 0 Å². The summed E-state index contributed by atoms with van der Waals surface area (Å²) in [4.78, 5) is 13.9. The molecule has 160 valence electrons. The average molecular weight is 429 g/mol. The molecule has 1 atom stereocenters. The average Bonchev–Trinajstić information content (AvgIpc) is 3.28. The Kier molecular flexibility index (Phi) is 4.92. The second-order valence-corrected chi connectivity index (χ2v) is 7.03. The number of halogens is 5. The maximum absolute atomic E-state index is 13.8. The molecule has 0 fully saturated rings. The molecule has 8 nitrogen and oxygen atoms in total. The number of hydrogen-bond acceptors (Lipinski definition) is 5. The molecule has 2 aromatic heterocycles. The number of fused-ring (bicyclic) bond motifs is 2. The summed E-state index contributed by atoms with van der Waals surface area (Å²) in [5, 5.41) is 13.4. The molecule has 0 saturated heterocycles. The van der Waals surface area contributed by atoms with Crippen LogP contribution in [0.15, 0.2) is 12.1 Å². The highest BCUT2D eigenvalue weighted by atomic mass is 19.4. The summed E-state index contributed by atoms with van der Waals surface area (Å²) in [5.41, 5.74) is 6.34. The molecule has 30 heavy (non-hydrogen) atoms. The van der Waals surface area contributed by atoms with Gasteiger partial charge in [-0.3, -0.25) is 9.89 Å². The molecule has 13 heteroatoms. The van der Waals surface area contributed by atoms with E-state index < -0.39 is 29.7 Å². The van der Waals surface area contributed by atoms with Crippen LogP contribution in [0.3, 0.4) is 0 Å². The third kappa shape index (κ3) is 3.60. The number of carbonyl (C=O) groups excluding carboxylic acids is 1. The number of nitrogens with two attached hydrogens (primary N) is 1. The Bertz CT molecular complexity index is 1110. The summed E-state index contributed by atoms with van der Waals surface area (Å²) in [6.07, 6.45) is -4.56. The summed E-state index contributed by atoms with van der Waals surface area (Å²) in [7, 11) is 0. The first-order chi connectivity index (χ1) is 14.1. The first-order valence-electron chi connectivity index (χ1n) is 8.98. The summed E-state index contributed by atoms with van der Waals surface area (Å²) < 4.78 is 66.7. The van der Waals surface area contributed by atoms with Gasteiger partial charge in [0.05, 0.1) is 6.54 Å². The lowest BCUT2D eigenvalue weighted by molar-refractivity contribution is -0.148. The molecule has 1 aromatic carbocycles. The largest absolute Gasteiger partial charge is 0.451 e. The van der Waals surface area contributed by atoms with Crippen molar-refractivity contribution >= 4 is 16.8 Å². The van der Waals surface area contributed by atoms with Crippen LogP contribution in [0.2, 0.25) is 0 Å². The zero-order valence-corrected chi connectivity index (χ0v) is 15.4. The Morgan fingerprint density at radius 2 is 2.00 bits per heavy atom. The van der Waals surface area contributed by atoms with Crippen LogP contribution in [0.4, 0.5) is 22.0 Å². The Labute approximate surface area is 165 Å². The number of amides is 1. The lowest BCUT2D eigenvalue weighted by atomic mass is 10.0. The van der Waals surface area contributed by atoms with Gasteiger partial charge >= 0.3 is 6.18 Å². The first-order valence-corrected chi connectivity index (χ1v) is 8.98. The van der Waals surface area contributed by atoms with Crippen molar-refractivity contribution in [3.63, 3.8) is 0 Å². The number of hydrogen-bond donors (Lipinski definition) is 2. The van der Waals surface area contributed by atoms with Crippen LogP contribution in [0.5, 0.6) is 0 Å². The molecule has 3 heterocycles. The molecule has 0 bridgehead atoms. The van der Waals surface area contributed by atoms with E-state index >= 15 is 0 Å². The molecule has 1 amide bonds. The smallest absolute Gasteiger partial charge is 0.333 e. The molecule has 0 radical (unpaired) electrons. The van der Waals surface area contributed by atoms with Crippen LogP contribution in [-0.2, 0) is 30.5 Å². The summed E-state index contributed by atoms with van der Waals surface area (Å²) in [6.45, 7) is -0.114. The number of alkyl halides is 3. The lowest BCUT2D eigenvalue weighted by Gasteiger charge is -2.29. The standard InChI is InChI=1S/C17H16F5N7O/c18-10-2-1-9-11(24-26-15(9)14(10)19)5-8(23)6-13(30)28-3-4-29-12(7-28)25-27-16(29)17(20,21)22/h1-2,8H,3-7,23H2,(H,24,26)/t8-/m1/s1. The van der Waals surface area contributed by atoms with Gasteiger partial charge < -0.3 is 15.2 Å². The van der Waals surface area contributed by atoms with Crippen LogP contribution < -0.4 is 5.73 Å². The predicted octanol–water partition coefficient (Wildman–Crippen LogP) is 1.75. The molecule has 4 rings (SSSR count). The van der Waals surface area contributed by atoms with E-state index in [1.807, 2.05) is 0 Å². The van der Waals surface area contributed by atoms with E-state index in [2.05, 4.69) is 20.4 Å². The lowest BCUT2D eigenvalue weighted by Crippen LogP contribution is -2.42. The van der Waals surface area contributed by atoms with Crippen molar-refractivity contribution in [2.75, 3.05) is 6.54 Å². The summed E-state index contributed by atoms with van der Waals surface area (Å²) >= 11 is 0. The van der Waals surface area contributed by atoms with E-state index in [0.717, 1.165) is 10.6 Å². The van der Waals surface area contributed by atoms with Crippen LogP contribution in [0.25, 0.3) is 10.9 Å². The van der Waals surface area contributed by atoms with Crippen molar-refractivity contribution in [3.05, 3.63) is 41.1 Å². The minimum absolute atomic E-state index is 0.0487. The molecule has 1 aliphatic heterocycles. The number of aromatic nitrogens is 5. The molecule has 3 aromatic rings. The van der Waals surface area contributed by atoms with Gasteiger partial charge in [-0.05, 0) is 12.1 Å². The predicted molar refractivity (Wildman–Crippen MR) is 92.7 cm³/mol. The van der Waals surface area contributed by atoms with Gasteiger partial charge in [-0.15, -0.1) is 10.2 Å². The molecule has 0 unspecified atom stereocenters. The van der Waals surface area contributed by atoms with E-state index in [-0.39, 0.29) is 49.7 Å². The molecule has 0 spiro atoms. The van der Waals surface area contributed by atoms with Crippen LogP contribution in [0, 0.1) is 11.6 Å². The van der Waals surface area contributed by atoms with Gasteiger partial charge in [0, 0.05) is 43.1 Å². The molecule has 0 saturated carbocycles. The van der Waals surface area contributed by atoms with Crippen LogP contribution in [0.1, 0.15) is 23.8 Å². The third-order valence-electron chi connectivity index (χ3n) is 4.96. The zero-order valence-electron chi connectivity index (χ0n) is 15.4. The number of H-pyrrole nitrogens is 1. The number of nitrogens with one attached hydrogen (secondary N) is 1. The highest BCUT2D eigenvalue weighted by Crippen LogP contribution is 2.29. The van der Waals surface area contributed by atoms with Crippen molar-refractivity contribution in [2.45, 2.75) is 38.1 Å². The van der Waals surface area contributed by atoms with E-state index in [0.29, 0.717) is 11.1 Å². The van der Waals surface area contributed by atoms with Crippen molar-refractivity contribution in [3.8, 4) is 0 Å². The SMILES string of the molecule is N[C@@H](CC(=O)N1CCn2c(nnc2C(F)(F)F)C1)Cc1[nH]nc2c(F)c(F)ccc12. The van der Waals surface area contributed by atoms with E-state index in [1.54, 1.807) is 0 Å². The van der Waals surface area contributed by atoms with Crippen molar-refractivity contribution in [1.29, 1.82) is 0 Å². The normalized spacial score (nSPS) is 15.5. The maximum Gasteiger partial charge on any atom is 0.451 e. The number of aromatic amines is 1. The Morgan fingerprint density at radius 3 is 2.73 bits per heavy atom. The summed E-state index contributed by atoms with van der Waals surface area (Å²) in [5.74, 6) is -3.49. The molecule has 1 aliphatic rings. The van der Waals surface area contributed by atoms with Crippen molar-refractivity contribution < 1.29 is 26.7 Å². The number of nitrogens with zero attached hydrogens (tertiary/aromatic N) is 5. The quantitative estimate of drug-likeness (QED) is 0.615. The Morgan fingerprint density at radius 1 is 1.23 bits per heavy atom. The van der Waals surface area contributed by atoms with E-state index in [1.165, 1.54) is 11.0 Å². The Balaban J connectivity index is 1.41. The van der Waals surface area contributed by atoms with Gasteiger partial charge in [0.2, 0.25) is 11.7 Å².